The van der Waals surface area contributed by atoms with Crippen LogP contribution in [-0.2, 0) is 14.3 Å². The molecule has 0 aromatic carbocycles. The van der Waals surface area contributed by atoms with Crippen LogP contribution < -0.4 is 0 Å². The number of rotatable bonds is 2. The van der Waals surface area contributed by atoms with E-state index in [1.165, 1.54) is 12.5 Å². The standard InChI is InChI=1S/C7H10O3/c1-6(8)10-3-2-7-4-9-5-7/h2H,3-5H2,1H3. The number of carbonyl (C=O) groups excluding carboxylic acids is 1. The summed E-state index contributed by atoms with van der Waals surface area (Å²) in [6, 6.07) is 0. The molecule has 1 saturated heterocycles. The topological polar surface area (TPSA) is 35.5 Å². The van der Waals surface area contributed by atoms with Crippen LogP contribution in [0.4, 0.5) is 0 Å². The lowest BCUT2D eigenvalue weighted by Crippen LogP contribution is -2.17. The predicted molar refractivity (Wildman–Crippen MR) is 35.5 cm³/mol. The summed E-state index contributed by atoms with van der Waals surface area (Å²) in [5.41, 5.74) is 1.21. The van der Waals surface area contributed by atoms with Gasteiger partial charge in [-0.05, 0) is 11.6 Å². The van der Waals surface area contributed by atoms with E-state index in [2.05, 4.69) is 4.74 Å². The molecule has 0 amide bonds. The van der Waals surface area contributed by atoms with Crippen molar-refractivity contribution >= 4 is 5.97 Å². The van der Waals surface area contributed by atoms with Crippen LogP contribution in [-0.4, -0.2) is 25.8 Å². The number of esters is 1. The normalized spacial score (nSPS) is 15.9. The highest BCUT2D eigenvalue weighted by Crippen LogP contribution is 2.06. The molecule has 0 unspecified atom stereocenters. The third kappa shape index (κ3) is 2.19. The van der Waals surface area contributed by atoms with E-state index in [0.717, 1.165) is 0 Å². The van der Waals surface area contributed by atoms with Crippen LogP contribution in [0, 0.1) is 0 Å². The van der Waals surface area contributed by atoms with E-state index in [0.29, 0.717) is 19.8 Å². The van der Waals surface area contributed by atoms with Crippen molar-refractivity contribution in [1.29, 1.82) is 0 Å². The van der Waals surface area contributed by atoms with Gasteiger partial charge in [-0.1, -0.05) is 0 Å². The van der Waals surface area contributed by atoms with Crippen molar-refractivity contribution < 1.29 is 14.3 Å². The molecule has 0 saturated carbocycles. The van der Waals surface area contributed by atoms with E-state index in [1.54, 1.807) is 0 Å². The summed E-state index contributed by atoms with van der Waals surface area (Å²) in [5, 5.41) is 0. The molecule has 1 rings (SSSR count). The fourth-order valence-corrected chi connectivity index (χ4v) is 0.615. The van der Waals surface area contributed by atoms with Gasteiger partial charge < -0.3 is 9.47 Å². The second-order valence-corrected chi connectivity index (χ2v) is 2.16. The summed E-state index contributed by atoms with van der Waals surface area (Å²) in [4.78, 5) is 10.2. The molecule has 1 aliphatic rings. The van der Waals surface area contributed by atoms with Gasteiger partial charge in [0.2, 0.25) is 0 Å². The Morgan fingerprint density at radius 2 is 2.50 bits per heavy atom. The number of carbonyl (C=O) groups is 1. The summed E-state index contributed by atoms with van der Waals surface area (Å²) in [6.07, 6.45) is 1.88. The summed E-state index contributed by atoms with van der Waals surface area (Å²) in [7, 11) is 0. The van der Waals surface area contributed by atoms with E-state index >= 15 is 0 Å². The minimum absolute atomic E-state index is 0.239. The zero-order valence-electron chi connectivity index (χ0n) is 5.92. The number of hydrogen-bond acceptors (Lipinski definition) is 3. The van der Waals surface area contributed by atoms with Crippen molar-refractivity contribution in [3.05, 3.63) is 11.6 Å². The summed E-state index contributed by atoms with van der Waals surface area (Å²) in [5.74, 6) is -0.239. The predicted octanol–water partition coefficient (Wildman–Crippen LogP) is 0.506. The van der Waals surface area contributed by atoms with Gasteiger partial charge >= 0.3 is 5.97 Å². The van der Waals surface area contributed by atoms with Crippen LogP contribution in [0.25, 0.3) is 0 Å². The molecule has 0 bridgehead atoms. The Bertz CT molecular complexity index is 154. The third-order valence-corrected chi connectivity index (χ3v) is 1.23. The molecule has 10 heavy (non-hydrogen) atoms. The van der Waals surface area contributed by atoms with Crippen LogP contribution in [0.5, 0.6) is 0 Å². The van der Waals surface area contributed by atoms with E-state index in [9.17, 15) is 4.79 Å². The van der Waals surface area contributed by atoms with E-state index in [1.807, 2.05) is 6.08 Å². The minimum atomic E-state index is -0.239. The average molecular weight is 142 g/mol. The summed E-state index contributed by atoms with van der Waals surface area (Å²) in [6.45, 7) is 3.17. The molecule has 0 aromatic heterocycles. The lowest BCUT2D eigenvalue weighted by Gasteiger charge is -2.16. The van der Waals surface area contributed by atoms with Crippen molar-refractivity contribution in [3.8, 4) is 0 Å². The molecule has 0 aliphatic carbocycles. The van der Waals surface area contributed by atoms with Crippen LogP contribution >= 0.6 is 0 Å². The van der Waals surface area contributed by atoms with Gasteiger partial charge in [0.25, 0.3) is 0 Å². The molecular formula is C7H10O3. The molecule has 56 valence electrons. The Balaban J connectivity index is 2.09. The molecule has 0 spiro atoms. The zero-order valence-corrected chi connectivity index (χ0v) is 5.92. The number of ether oxygens (including phenoxy) is 2. The third-order valence-electron chi connectivity index (χ3n) is 1.23. The first-order chi connectivity index (χ1) is 4.79. The van der Waals surface area contributed by atoms with Crippen molar-refractivity contribution in [3.63, 3.8) is 0 Å². The van der Waals surface area contributed by atoms with E-state index in [4.69, 9.17) is 4.74 Å². The molecule has 1 heterocycles. The molecule has 3 nitrogen and oxygen atoms in total. The molecule has 0 atom stereocenters. The highest BCUT2D eigenvalue weighted by molar-refractivity contribution is 5.66. The van der Waals surface area contributed by atoms with Crippen LogP contribution in [0.3, 0.4) is 0 Å². The Morgan fingerprint density at radius 1 is 1.80 bits per heavy atom. The molecule has 3 heteroatoms. The Kier molecular flexibility index (Phi) is 2.45. The van der Waals surface area contributed by atoms with Gasteiger partial charge in [0.1, 0.15) is 6.61 Å². The van der Waals surface area contributed by atoms with Crippen molar-refractivity contribution in [2.75, 3.05) is 19.8 Å². The highest BCUT2D eigenvalue weighted by atomic mass is 16.5. The highest BCUT2D eigenvalue weighted by Gasteiger charge is 2.07. The van der Waals surface area contributed by atoms with Gasteiger partial charge in [-0.2, -0.15) is 0 Å². The second-order valence-electron chi connectivity index (χ2n) is 2.16. The molecule has 1 fully saturated rings. The van der Waals surface area contributed by atoms with Crippen molar-refractivity contribution in [2.45, 2.75) is 6.92 Å². The average Bonchev–Trinajstić information content (AvgIpc) is 1.75. The Hall–Kier alpha value is -0.830. The SMILES string of the molecule is CC(=O)OCC=C1COC1. The zero-order chi connectivity index (χ0) is 7.40. The lowest BCUT2D eigenvalue weighted by atomic mass is 10.2. The van der Waals surface area contributed by atoms with Gasteiger partial charge in [-0.15, -0.1) is 0 Å². The number of hydrogen-bond donors (Lipinski definition) is 0. The van der Waals surface area contributed by atoms with Gasteiger partial charge in [0, 0.05) is 6.92 Å². The minimum Gasteiger partial charge on any atom is -0.462 e. The summed E-state index contributed by atoms with van der Waals surface area (Å²) >= 11 is 0. The molecule has 0 aromatic rings. The molecule has 1 aliphatic heterocycles. The first kappa shape index (κ1) is 7.28. The first-order valence-corrected chi connectivity index (χ1v) is 3.18. The van der Waals surface area contributed by atoms with Crippen LogP contribution in [0.2, 0.25) is 0 Å². The van der Waals surface area contributed by atoms with E-state index in [-0.39, 0.29) is 5.97 Å². The monoisotopic (exact) mass is 142 g/mol. The maximum Gasteiger partial charge on any atom is 0.302 e. The van der Waals surface area contributed by atoms with Crippen LogP contribution in [0.15, 0.2) is 11.6 Å². The van der Waals surface area contributed by atoms with Gasteiger partial charge in [-0.25, -0.2) is 0 Å². The maximum atomic E-state index is 10.2. The molecule has 0 radical (unpaired) electrons. The van der Waals surface area contributed by atoms with Gasteiger partial charge in [0.05, 0.1) is 13.2 Å². The first-order valence-electron chi connectivity index (χ1n) is 3.18. The van der Waals surface area contributed by atoms with Gasteiger partial charge in [0.15, 0.2) is 0 Å². The summed E-state index contributed by atoms with van der Waals surface area (Å²) < 4.78 is 9.56. The fourth-order valence-electron chi connectivity index (χ4n) is 0.615. The lowest BCUT2D eigenvalue weighted by molar-refractivity contribution is -0.139. The molecular weight excluding hydrogens is 132 g/mol. The largest absolute Gasteiger partial charge is 0.462 e. The van der Waals surface area contributed by atoms with Crippen molar-refractivity contribution in [1.82, 2.24) is 0 Å². The van der Waals surface area contributed by atoms with Crippen LogP contribution in [0.1, 0.15) is 6.92 Å². The van der Waals surface area contributed by atoms with E-state index < -0.39 is 0 Å². The Morgan fingerprint density at radius 3 is 2.90 bits per heavy atom. The smallest absolute Gasteiger partial charge is 0.302 e. The fraction of sp³-hybridized carbons (Fsp3) is 0.571. The molecule has 0 N–H and O–H groups in total. The Labute approximate surface area is 59.6 Å². The second kappa shape index (κ2) is 3.37. The maximum absolute atomic E-state index is 10.2. The van der Waals surface area contributed by atoms with Crippen molar-refractivity contribution in [2.24, 2.45) is 0 Å². The van der Waals surface area contributed by atoms with Gasteiger partial charge in [-0.3, -0.25) is 4.79 Å². The quantitative estimate of drug-likeness (QED) is 0.416.